The summed E-state index contributed by atoms with van der Waals surface area (Å²) in [6, 6.07) is 3.97. The molecule has 0 saturated carbocycles. The fraction of sp³-hybridized carbons (Fsp3) is 0.400. The van der Waals surface area contributed by atoms with Gasteiger partial charge in [0.2, 0.25) is 0 Å². The molecule has 0 aromatic carbocycles. The van der Waals surface area contributed by atoms with E-state index in [1.54, 1.807) is 6.20 Å². The molecule has 0 aliphatic heterocycles. The van der Waals surface area contributed by atoms with Crippen LogP contribution < -0.4 is 0 Å². The Morgan fingerprint density at radius 3 is 3.23 bits per heavy atom. The van der Waals surface area contributed by atoms with E-state index in [1.807, 2.05) is 12.1 Å². The highest BCUT2D eigenvalue weighted by Gasteiger charge is 2.28. The van der Waals surface area contributed by atoms with E-state index in [4.69, 9.17) is 5.21 Å². The van der Waals surface area contributed by atoms with Crippen molar-refractivity contribution in [3.05, 3.63) is 29.6 Å². The van der Waals surface area contributed by atoms with Crippen molar-refractivity contribution in [2.75, 3.05) is 0 Å². The van der Waals surface area contributed by atoms with Gasteiger partial charge in [-0.3, -0.25) is 4.98 Å². The molecule has 0 saturated heterocycles. The van der Waals surface area contributed by atoms with Crippen LogP contribution in [0.2, 0.25) is 0 Å². The van der Waals surface area contributed by atoms with Gasteiger partial charge in [-0.25, -0.2) is 0 Å². The normalized spacial score (nSPS) is 23.5. The summed E-state index contributed by atoms with van der Waals surface area (Å²) in [4.78, 5) is 4.22. The number of hydrogen-bond acceptors (Lipinski definition) is 3. The topological polar surface area (TPSA) is 45.5 Å². The van der Waals surface area contributed by atoms with Gasteiger partial charge >= 0.3 is 0 Å². The van der Waals surface area contributed by atoms with E-state index in [-0.39, 0.29) is 0 Å². The molecule has 13 heavy (non-hydrogen) atoms. The Morgan fingerprint density at radius 2 is 2.54 bits per heavy atom. The predicted molar refractivity (Wildman–Crippen MR) is 50.0 cm³/mol. The lowest BCUT2D eigenvalue weighted by Crippen LogP contribution is -2.09. The van der Waals surface area contributed by atoms with Gasteiger partial charge in [-0.2, -0.15) is 0 Å². The van der Waals surface area contributed by atoms with Gasteiger partial charge in [0.25, 0.3) is 0 Å². The largest absolute Gasteiger partial charge is 0.411 e. The third-order valence-electron chi connectivity index (χ3n) is 2.59. The maximum atomic E-state index is 8.86. The van der Waals surface area contributed by atoms with Gasteiger partial charge in [0.05, 0.1) is 5.69 Å². The minimum absolute atomic E-state index is 0.342. The molecule has 1 aromatic heterocycles. The molecule has 68 valence electrons. The van der Waals surface area contributed by atoms with E-state index < -0.39 is 0 Å². The van der Waals surface area contributed by atoms with Crippen molar-refractivity contribution < 1.29 is 5.21 Å². The van der Waals surface area contributed by atoms with Crippen LogP contribution in [-0.4, -0.2) is 15.9 Å². The molecule has 1 unspecified atom stereocenters. The van der Waals surface area contributed by atoms with Crippen LogP contribution in [0.5, 0.6) is 0 Å². The van der Waals surface area contributed by atoms with E-state index in [0.717, 1.165) is 24.2 Å². The Labute approximate surface area is 77.1 Å². The second kappa shape index (κ2) is 3.17. The van der Waals surface area contributed by atoms with E-state index in [2.05, 4.69) is 17.1 Å². The highest BCUT2D eigenvalue weighted by molar-refractivity contribution is 6.04. The first-order valence-electron chi connectivity index (χ1n) is 4.53. The molecule has 0 fully saturated rings. The van der Waals surface area contributed by atoms with Crippen LogP contribution in [0.4, 0.5) is 0 Å². The fourth-order valence-corrected chi connectivity index (χ4v) is 1.86. The van der Waals surface area contributed by atoms with Crippen LogP contribution in [0.3, 0.4) is 0 Å². The molecule has 0 amide bonds. The molecule has 1 atom stereocenters. The van der Waals surface area contributed by atoms with Crippen LogP contribution in [-0.2, 0) is 6.42 Å². The van der Waals surface area contributed by atoms with Gasteiger partial charge in [0.15, 0.2) is 0 Å². The Hall–Kier alpha value is -1.38. The van der Waals surface area contributed by atoms with E-state index in [9.17, 15) is 0 Å². The summed E-state index contributed by atoms with van der Waals surface area (Å²) in [6.07, 6.45) is 3.69. The molecule has 1 aromatic rings. The van der Waals surface area contributed by atoms with E-state index in [0.29, 0.717) is 5.92 Å². The van der Waals surface area contributed by atoms with Crippen molar-refractivity contribution in [1.29, 1.82) is 0 Å². The molecule has 1 aliphatic carbocycles. The summed E-state index contributed by atoms with van der Waals surface area (Å²) in [5.41, 5.74) is 2.82. The Balaban J connectivity index is 2.46. The molecule has 3 heteroatoms. The van der Waals surface area contributed by atoms with Gasteiger partial charge in [0.1, 0.15) is 5.71 Å². The van der Waals surface area contributed by atoms with E-state index >= 15 is 0 Å². The van der Waals surface area contributed by atoms with Crippen LogP contribution >= 0.6 is 0 Å². The first kappa shape index (κ1) is 8.23. The molecule has 3 nitrogen and oxygen atoms in total. The molecular formula is C10H12N2O. The number of aromatic nitrogens is 1. The summed E-state index contributed by atoms with van der Waals surface area (Å²) in [5, 5.41) is 12.2. The SMILES string of the molecule is CCC1Cc2cccnc2/C1=N\O. The zero-order valence-corrected chi connectivity index (χ0v) is 7.57. The summed E-state index contributed by atoms with van der Waals surface area (Å²) in [7, 11) is 0. The maximum absolute atomic E-state index is 8.86. The molecule has 1 aliphatic rings. The van der Waals surface area contributed by atoms with Crippen molar-refractivity contribution >= 4 is 5.71 Å². The standard InChI is InChI=1S/C10H12N2O/c1-2-7-6-8-4-3-5-11-9(8)10(7)12-13/h3-5,7,13H,2,6H2,1H3/b12-10-. The lowest BCUT2D eigenvalue weighted by molar-refractivity contribution is 0.315. The van der Waals surface area contributed by atoms with Crippen molar-refractivity contribution in [1.82, 2.24) is 4.98 Å². The molecule has 1 N–H and O–H groups in total. The van der Waals surface area contributed by atoms with Gasteiger partial charge in [-0.05, 0) is 24.5 Å². The van der Waals surface area contributed by atoms with Gasteiger partial charge in [0, 0.05) is 12.1 Å². The van der Waals surface area contributed by atoms with Gasteiger partial charge < -0.3 is 5.21 Å². The van der Waals surface area contributed by atoms with Crippen LogP contribution in [0.1, 0.15) is 24.6 Å². The number of hydrogen-bond donors (Lipinski definition) is 1. The first-order valence-corrected chi connectivity index (χ1v) is 4.53. The second-order valence-electron chi connectivity index (χ2n) is 3.31. The highest BCUT2D eigenvalue weighted by atomic mass is 16.4. The van der Waals surface area contributed by atoms with Crippen molar-refractivity contribution in [2.45, 2.75) is 19.8 Å². The minimum atomic E-state index is 0.342. The van der Waals surface area contributed by atoms with Crippen molar-refractivity contribution in [3.8, 4) is 0 Å². The number of rotatable bonds is 1. The summed E-state index contributed by atoms with van der Waals surface area (Å²) in [6.45, 7) is 2.10. The molecule has 0 bridgehead atoms. The quantitative estimate of drug-likeness (QED) is 0.524. The molecule has 0 radical (unpaired) electrons. The smallest absolute Gasteiger partial charge is 0.109 e. The van der Waals surface area contributed by atoms with Crippen LogP contribution in [0.15, 0.2) is 23.5 Å². The van der Waals surface area contributed by atoms with Crippen molar-refractivity contribution in [2.24, 2.45) is 11.1 Å². The lowest BCUT2D eigenvalue weighted by atomic mass is 10.0. The Bertz CT molecular complexity index is 347. The Kier molecular flexibility index (Phi) is 2.00. The van der Waals surface area contributed by atoms with Gasteiger partial charge in [-0.1, -0.05) is 18.1 Å². The summed E-state index contributed by atoms with van der Waals surface area (Å²) in [5.74, 6) is 0.342. The summed E-state index contributed by atoms with van der Waals surface area (Å²) >= 11 is 0. The van der Waals surface area contributed by atoms with Crippen molar-refractivity contribution in [3.63, 3.8) is 0 Å². The van der Waals surface area contributed by atoms with Crippen LogP contribution in [0.25, 0.3) is 0 Å². The number of oxime groups is 1. The lowest BCUT2D eigenvalue weighted by Gasteiger charge is -2.03. The molecule has 2 rings (SSSR count). The monoisotopic (exact) mass is 176 g/mol. The first-order chi connectivity index (χ1) is 6.36. The number of nitrogens with zero attached hydrogens (tertiary/aromatic N) is 2. The minimum Gasteiger partial charge on any atom is -0.411 e. The third-order valence-corrected chi connectivity index (χ3v) is 2.59. The van der Waals surface area contributed by atoms with Gasteiger partial charge in [-0.15, -0.1) is 0 Å². The number of pyridine rings is 1. The molecular weight excluding hydrogens is 164 g/mol. The van der Waals surface area contributed by atoms with Crippen LogP contribution in [0, 0.1) is 5.92 Å². The zero-order chi connectivity index (χ0) is 9.26. The molecule has 1 heterocycles. The van der Waals surface area contributed by atoms with E-state index in [1.165, 1.54) is 5.56 Å². The average molecular weight is 176 g/mol. The summed E-state index contributed by atoms with van der Waals surface area (Å²) < 4.78 is 0. The Morgan fingerprint density at radius 1 is 1.69 bits per heavy atom. The maximum Gasteiger partial charge on any atom is 0.109 e. The zero-order valence-electron chi connectivity index (χ0n) is 7.57. The second-order valence-corrected chi connectivity index (χ2v) is 3.31. The number of fused-ring (bicyclic) bond motifs is 1. The third kappa shape index (κ3) is 1.20. The highest BCUT2D eigenvalue weighted by Crippen LogP contribution is 2.27. The average Bonchev–Trinajstić information content (AvgIpc) is 2.55. The molecule has 0 spiro atoms. The fourth-order valence-electron chi connectivity index (χ4n) is 1.86. The predicted octanol–water partition coefficient (Wildman–Crippen LogP) is 1.84.